The SMILES string of the molecule is C1CC(NC2CCN3CCCC3C2)C1. The van der Waals surface area contributed by atoms with Crippen LogP contribution in [0.15, 0.2) is 0 Å². The lowest BCUT2D eigenvalue weighted by atomic mass is 9.90. The van der Waals surface area contributed by atoms with Crippen molar-refractivity contribution in [1.29, 1.82) is 0 Å². The van der Waals surface area contributed by atoms with Gasteiger partial charge in [-0.3, -0.25) is 0 Å². The van der Waals surface area contributed by atoms with Gasteiger partial charge in [0.2, 0.25) is 0 Å². The number of rotatable bonds is 2. The molecule has 0 amide bonds. The highest BCUT2D eigenvalue weighted by molar-refractivity contribution is 4.91. The molecule has 1 aliphatic carbocycles. The Kier molecular flexibility index (Phi) is 2.50. The highest BCUT2D eigenvalue weighted by Gasteiger charge is 2.32. The number of piperidine rings is 1. The van der Waals surface area contributed by atoms with Crippen LogP contribution in [0.25, 0.3) is 0 Å². The van der Waals surface area contributed by atoms with Crippen LogP contribution >= 0.6 is 0 Å². The third-order valence-corrected chi connectivity index (χ3v) is 4.40. The minimum absolute atomic E-state index is 0.847. The van der Waals surface area contributed by atoms with E-state index >= 15 is 0 Å². The first-order valence-electron chi connectivity index (χ1n) is 6.42. The summed E-state index contributed by atoms with van der Waals surface area (Å²) in [5.74, 6) is 0. The fourth-order valence-corrected chi connectivity index (χ4v) is 3.28. The molecule has 0 spiro atoms. The molecule has 1 saturated carbocycles. The number of hydrogen-bond acceptors (Lipinski definition) is 2. The van der Waals surface area contributed by atoms with Gasteiger partial charge in [-0.05, 0) is 51.6 Å². The molecule has 0 bridgehead atoms. The summed E-state index contributed by atoms with van der Waals surface area (Å²) >= 11 is 0. The zero-order valence-electron chi connectivity index (χ0n) is 9.04. The quantitative estimate of drug-likeness (QED) is 0.720. The monoisotopic (exact) mass is 194 g/mol. The van der Waals surface area contributed by atoms with Crippen molar-refractivity contribution < 1.29 is 0 Å². The van der Waals surface area contributed by atoms with Crippen molar-refractivity contribution in [3.8, 4) is 0 Å². The minimum atomic E-state index is 0.847. The molecule has 2 nitrogen and oxygen atoms in total. The molecule has 2 heterocycles. The van der Waals surface area contributed by atoms with Gasteiger partial charge in [0.15, 0.2) is 0 Å². The molecule has 0 radical (unpaired) electrons. The van der Waals surface area contributed by atoms with E-state index in [-0.39, 0.29) is 0 Å². The second kappa shape index (κ2) is 3.82. The Labute approximate surface area is 87.0 Å². The molecule has 0 aromatic carbocycles. The minimum Gasteiger partial charge on any atom is -0.311 e. The van der Waals surface area contributed by atoms with E-state index in [1.54, 1.807) is 0 Å². The lowest BCUT2D eigenvalue weighted by molar-refractivity contribution is 0.150. The Morgan fingerprint density at radius 3 is 2.57 bits per heavy atom. The molecule has 80 valence electrons. The van der Waals surface area contributed by atoms with E-state index in [0.717, 1.165) is 18.1 Å². The summed E-state index contributed by atoms with van der Waals surface area (Å²) in [6, 6.07) is 2.66. The van der Waals surface area contributed by atoms with E-state index in [1.165, 1.54) is 58.0 Å². The predicted octanol–water partition coefficient (Wildman–Crippen LogP) is 1.76. The first-order chi connectivity index (χ1) is 6.92. The fourth-order valence-electron chi connectivity index (χ4n) is 3.28. The number of fused-ring (bicyclic) bond motifs is 1. The number of nitrogens with one attached hydrogen (secondary N) is 1. The Bertz CT molecular complexity index is 200. The maximum atomic E-state index is 3.84. The summed E-state index contributed by atoms with van der Waals surface area (Å²) in [4.78, 5) is 2.71. The van der Waals surface area contributed by atoms with Crippen LogP contribution in [-0.2, 0) is 0 Å². The predicted molar refractivity (Wildman–Crippen MR) is 58.4 cm³/mol. The summed E-state index contributed by atoms with van der Waals surface area (Å²) in [5.41, 5.74) is 0. The highest BCUT2D eigenvalue weighted by atomic mass is 15.2. The topological polar surface area (TPSA) is 15.3 Å². The lowest BCUT2D eigenvalue weighted by Crippen LogP contribution is -2.50. The van der Waals surface area contributed by atoms with Crippen LogP contribution in [0.1, 0.15) is 44.9 Å². The van der Waals surface area contributed by atoms with Crippen LogP contribution in [0, 0.1) is 0 Å². The normalized spacial score (nSPS) is 39.4. The van der Waals surface area contributed by atoms with Crippen molar-refractivity contribution in [2.24, 2.45) is 0 Å². The van der Waals surface area contributed by atoms with Crippen LogP contribution in [0.2, 0.25) is 0 Å². The van der Waals surface area contributed by atoms with Crippen molar-refractivity contribution in [3.05, 3.63) is 0 Å². The summed E-state index contributed by atoms with van der Waals surface area (Å²) in [5, 5.41) is 3.84. The van der Waals surface area contributed by atoms with Crippen molar-refractivity contribution in [2.75, 3.05) is 13.1 Å². The van der Waals surface area contributed by atoms with Crippen molar-refractivity contribution >= 4 is 0 Å². The zero-order valence-corrected chi connectivity index (χ0v) is 9.04. The summed E-state index contributed by atoms with van der Waals surface area (Å²) < 4.78 is 0. The van der Waals surface area contributed by atoms with Gasteiger partial charge in [0.05, 0.1) is 0 Å². The van der Waals surface area contributed by atoms with Crippen LogP contribution in [-0.4, -0.2) is 36.1 Å². The largest absolute Gasteiger partial charge is 0.311 e. The average molecular weight is 194 g/mol. The number of nitrogens with zero attached hydrogens (tertiary/aromatic N) is 1. The molecule has 1 N–H and O–H groups in total. The molecule has 2 unspecified atom stereocenters. The van der Waals surface area contributed by atoms with Crippen LogP contribution in [0.5, 0.6) is 0 Å². The van der Waals surface area contributed by atoms with Gasteiger partial charge in [0.25, 0.3) is 0 Å². The van der Waals surface area contributed by atoms with Gasteiger partial charge >= 0.3 is 0 Å². The van der Waals surface area contributed by atoms with Crippen molar-refractivity contribution in [1.82, 2.24) is 10.2 Å². The Balaban J connectivity index is 1.51. The zero-order chi connectivity index (χ0) is 9.38. The molecule has 14 heavy (non-hydrogen) atoms. The van der Waals surface area contributed by atoms with E-state index < -0.39 is 0 Å². The van der Waals surface area contributed by atoms with Crippen LogP contribution in [0.4, 0.5) is 0 Å². The van der Waals surface area contributed by atoms with Gasteiger partial charge < -0.3 is 10.2 Å². The average Bonchev–Trinajstić information content (AvgIpc) is 2.58. The molecule has 2 heteroatoms. The molecule has 2 saturated heterocycles. The second-order valence-corrected chi connectivity index (χ2v) is 5.35. The third-order valence-electron chi connectivity index (χ3n) is 4.40. The first-order valence-corrected chi connectivity index (χ1v) is 6.42. The van der Waals surface area contributed by atoms with Crippen LogP contribution in [0.3, 0.4) is 0 Å². The van der Waals surface area contributed by atoms with Gasteiger partial charge in [0, 0.05) is 18.1 Å². The van der Waals surface area contributed by atoms with Crippen LogP contribution < -0.4 is 5.32 Å². The standard InChI is InChI=1S/C12H22N2/c1-3-10(4-1)13-11-6-8-14-7-2-5-12(14)9-11/h10-13H,1-9H2. The molecule has 3 fully saturated rings. The molecule has 3 aliphatic rings. The molecule has 0 aromatic heterocycles. The van der Waals surface area contributed by atoms with Gasteiger partial charge in [-0.2, -0.15) is 0 Å². The van der Waals surface area contributed by atoms with Gasteiger partial charge in [0.1, 0.15) is 0 Å². The molecule has 0 aromatic rings. The van der Waals surface area contributed by atoms with E-state index in [4.69, 9.17) is 0 Å². The van der Waals surface area contributed by atoms with Crippen molar-refractivity contribution in [2.45, 2.75) is 63.1 Å². The molecular weight excluding hydrogens is 172 g/mol. The third kappa shape index (κ3) is 1.70. The lowest BCUT2D eigenvalue weighted by Gasteiger charge is -2.39. The summed E-state index contributed by atoms with van der Waals surface area (Å²) in [6.45, 7) is 2.73. The molecule has 3 rings (SSSR count). The summed E-state index contributed by atoms with van der Waals surface area (Å²) in [6.07, 6.45) is 10.1. The van der Waals surface area contributed by atoms with Gasteiger partial charge in [-0.25, -0.2) is 0 Å². The Hall–Kier alpha value is -0.0800. The van der Waals surface area contributed by atoms with E-state index in [9.17, 15) is 0 Å². The molecular formula is C12H22N2. The van der Waals surface area contributed by atoms with Gasteiger partial charge in [-0.15, -0.1) is 0 Å². The van der Waals surface area contributed by atoms with E-state index in [1.807, 2.05) is 0 Å². The smallest absolute Gasteiger partial charge is 0.0111 e. The molecule has 2 atom stereocenters. The number of hydrogen-bond donors (Lipinski definition) is 1. The maximum Gasteiger partial charge on any atom is 0.0111 e. The van der Waals surface area contributed by atoms with Gasteiger partial charge in [-0.1, -0.05) is 6.42 Å². The first kappa shape index (κ1) is 9.17. The second-order valence-electron chi connectivity index (χ2n) is 5.35. The maximum absolute atomic E-state index is 3.84. The van der Waals surface area contributed by atoms with E-state index in [0.29, 0.717) is 0 Å². The fraction of sp³-hybridized carbons (Fsp3) is 1.00. The molecule has 2 aliphatic heterocycles. The highest BCUT2D eigenvalue weighted by Crippen LogP contribution is 2.28. The Morgan fingerprint density at radius 1 is 0.857 bits per heavy atom. The summed E-state index contributed by atoms with van der Waals surface area (Å²) in [7, 11) is 0. The van der Waals surface area contributed by atoms with E-state index in [2.05, 4.69) is 10.2 Å². The Morgan fingerprint density at radius 2 is 1.79 bits per heavy atom. The van der Waals surface area contributed by atoms with Crippen molar-refractivity contribution in [3.63, 3.8) is 0 Å².